The summed E-state index contributed by atoms with van der Waals surface area (Å²) in [6.07, 6.45) is 10.2. The van der Waals surface area contributed by atoms with Gasteiger partial charge in [-0.05, 0) is 13.5 Å². The monoisotopic (exact) mass is 219 g/mol. The highest BCUT2D eigenvalue weighted by molar-refractivity contribution is 5.00. The Bertz CT molecular complexity index is 417. The molecular formula is C11H17N5. The van der Waals surface area contributed by atoms with Gasteiger partial charge < -0.3 is 14.9 Å². The standard InChI is InChI=1S/C11H17N5/c1-10(7-15-5-4-13-8-15)16-9-14-6-11(16)2-3-12/h4-6,8-10H,2-3,7,12H2,1H3. The summed E-state index contributed by atoms with van der Waals surface area (Å²) < 4.78 is 4.24. The summed E-state index contributed by atoms with van der Waals surface area (Å²) in [5.41, 5.74) is 6.76. The van der Waals surface area contributed by atoms with Crippen LogP contribution < -0.4 is 5.73 Å². The van der Waals surface area contributed by atoms with Crippen LogP contribution in [0.2, 0.25) is 0 Å². The van der Waals surface area contributed by atoms with Crippen LogP contribution in [0.15, 0.2) is 31.2 Å². The number of aromatic nitrogens is 4. The van der Waals surface area contributed by atoms with E-state index in [0.717, 1.165) is 13.0 Å². The number of nitrogens with two attached hydrogens (primary N) is 1. The highest BCUT2D eigenvalue weighted by atomic mass is 15.1. The van der Waals surface area contributed by atoms with Gasteiger partial charge in [-0.15, -0.1) is 0 Å². The van der Waals surface area contributed by atoms with Crippen molar-refractivity contribution in [3.63, 3.8) is 0 Å². The Morgan fingerprint density at radius 1 is 1.38 bits per heavy atom. The predicted molar refractivity (Wildman–Crippen MR) is 61.9 cm³/mol. The first-order valence-electron chi connectivity index (χ1n) is 5.47. The molecule has 0 aliphatic heterocycles. The number of imidazole rings is 2. The minimum Gasteiger partial charge on any atom is -0.335 e. The average molecular weight is 219 g/mol. The van der Waals surface area contributed by atoms with Crippen molar-refractivity contribution in [1.29, 1.82) is 0 Å². The second kappa shape index (κ2) is 4.94. The number of rotatable bonds is 5. The van der Waals surface area contributed by atoms with Gasteiger partial charge in [-0.25, -0.2) is 9.97 Å². The van der Waals surface area contributed by atoms with Crippen molar-refractivity contribution in [3.05, 3.63) is 36.9 Å². The normalized spacial score (nSPS) is 12.9. The highest BCUT2D eigenvalue weighted by Gasteiger charge is 2.09. The second-order valence-corrected chi connectivity index (χ2v) is 3.94. The van der Waals surface area contributed by atoms with Gasteiger partial charge in [-0.1, -0.05) is 0 Å². The van der Waals surface area contributed by atoms with E-state index in [1.807, 2.05) is 25.0 Å². The predicted octanol–water partition coefficient (Wildman–Crippen LogP) is 0.842. The van der Waals surface area contributed by atoms with Crippen molar-refractivity contribution in [1.82, 2.24) is 19.1 Å². The number of hydrogen-bond donors (Lipinski definition) is 1. The fourth-order valence-electron chi connectivity index (χ4n) is 1.86. The first kappa shape index (κ1) is 10.9. The molecule has 0 aliphatic rings. The van der Waals surface area contributed by atoms with Crippen molar-refractivity contribution in [2.45, 2.75) is 25.9 Å². The van der Waals surface area contributed by atoms with Crippen LogP contribution in [0.5, 0.6) is 0 Å². The van der Waals surface area contributed by atoms with Crippen LogP contribution >= 0.6 is 0 Å². The third-order valence-corrected chi connectivity index (χ3v) is 2.66. The van der Waals surface area contributed by atoms with Crippen LogP contribution in [-0.4, -0.2) is 25.6 Å². The fraction of sp³-hybridized carbons (Fsp3) is 0.455. The molecule has 2 aromatic rings. The first-order valence-corrected chi connectivity index (χ1v) is 5.47. The van der Waals surface area contributed by atoms with Crippen molar-refractivity contribution in [3.8, 4) is 0 Å². The molecule has 1 atom stereocenters. The van der Waals surface area contributed by atoms with E-state index in [0.29, 0.717) is 12.6 Å². The molecule has 0 radical (unpaired) electrons. The Balaban J connectivity index is 2.08. The Morgan fingerprint density at radius 3 is 2.94 bits per heavy atom. The Hall–Kier alpha value is -1.62. The second-order valence-electron chi connectivity index (χ2n) is 3.94. The van der Waals surface area contributed by atoms with Crippen molar-refractivity contribution in [2.75, 3.05) is 6.54 Å². The van der Waals surface area contributed by atoms with E-state index in [4.69, 9.17) is 5.73 Å². The Labute approximate surface area is 94.9 Å². The molecule has 5 heteroatoms. The van der Waals surface area contributed by atoms with Crippen molar-refractivity contribution < 1.29 is 0 Å². The first-order chi connectivity index (χ1) is 7.81. The minimum absolute atomic E-state index is 0.359. The summed E-state index contributed by atoms with van der Waals surface area (Å²) >= 11 is 0. The zero-order chi connectivity index (χ0) is 11.4. The van der Waals surface area contributed by atoms with E-state index in [1.165, 1.54) is 5.69 Å². The molecule has 0 bridgehead atoms. The highest BCUT2D eigenvalue weighted by Crippen LogP contribution is 2.12. The van der Waals surface area contributed by atoms with E-state index >= 15 is 0 Å². The smallest absolute Gasteiger partial charge is 0.0951 e. The molecule has 1 unspecified atom stereocenters. The lowest BCUT2D eigenvalue weighted by Gasteiger charge is -2.16. The van der Waals surface area contributed by atoms with Crippen LogP contribution in [0.3, 0.4) is 0 Å². The molecule has 2 N–H and O–H groups in total. The van der Waals surface area contributed by atoms with E-state index in [-0.39, 0.29) is 0 Å². The van der Waals surface area contributed by atoms with Gasteiger partial charge in [0.1, 0.15) is 0 Å². The Morgan fingerprint density at radius 2 is 2.25 bits per heavy atom. The summed E-state index contributed by atoms with van der Waals surface area (Å²) in [5, 5.41) is 0. The van der Waals surface area contributed by atoms with Gasteiger partial charge in [0.25, 0.3) is 0 Å². The van der Waals surface area contributed by atoms with Crippen LogP contribution in [0.1, 0.15) is 18.7 Å². The summed E-state index contributed by atoms with van der Waals surface area (Å²) in [6, 6.07) is 0.359. The summed E-state index contributed by atoms with van der Waals surface area (Å²) in [7, 11) is 0. The molecule has 5 nitrogen and oxygen atoms in total. The van der Waals surface area contributed by atoms with Gasteiger partial charge in [0, 0.05) is 43.3 Å². The summed E-state index contributed by atoms with van der Waals surface area (Å²) in [6.45, 7) is 3.72. The average Bonchev–Trinajstić information content (AvgIpc) is 2.89. The SMILES string of the molecule is CC(Cn1ccnc1)n1cncc1CCN. The lowest BCUT2D eigenvalue weighted by atomic mass is 10.2. The van der Waals surface area contributed by atoms with Gasteiger partial charge in [0.05, 0.1) is 12.7 Å². The lowest BCUT2D eigenvalue weighted by Crippen LogP contribution is -2.15. The molecule has 2 rings (SSSR count). The van der Waals surface area contributed by atoms with E-state index < -0.39 is 0 Å². The van der Waals surface area contributed by atoms with Gasteiger partial charge in [0.2, 0.25) is 0 Å². The molecule has 86 valence electrons. The van der Waals surface area contributed by atoms with E-state index in [2.05, 4.69) is 26.0 Å². The van der Waals surface area contributed by atoms with Crippen molar-refractivity contribution >= 4 is 0 Å². The molecule has 0 saturated carbocycles. The van der Waals surface area contributed by atoms with Gasteiger partial charge in [0.15, 0.2) is 0 Å². The molecule has 2 aromatic heterocycles. The number of nitrogens with zero attached hydrogens (tertiary/aromatic N) is 4. The molecule has 16 heavy (non-hydrogen) atoms. The molecule has 0 saturated heterocycles. The fourth-order valence-corrected chi connectivity index (χ4v) is 1.86. The maximum atomic E-state index is 5.57. The molecule has 0 aromatic carbocycles. The number of hydrogen-bond acceptors (Lipinski definition) is 3. The molecular weight excluding hydrogens is 202 g/mol. The topological polar surface area (TPSA) is 61.7 Å². The zero-order valence-corrected chi connectivity index (χ0v) is 9.45. The van der Waals surface area contributed by atoms with Crippen LogP contribution in [-0.2, 0) is 13.0 Å². The third-order valence-electron chi connectivity index (χ3n) is 2.66. The molecule has 0 amide bonds. The van der Waals surface area contributed by atoms with Crippen LogP contribution in [0, 0.1) is 0 Å². The largest absolute Gasteiger partial charge is 0.335 e. The molecule has 2 heterocycles. The molecule has 0 spiro atoms. The maximum Gasteiger partial charge on any atom is 0.0951 e. The zero-order valence-electron chi connectivity index (χ0n) is 9.45. The summed E-state index contributed by atoms with van der Waals surface area (Å²) in [4.78, 5) is 8.21. The Kier molecular flexibility index (Phi) is 3.36. The minimum atomic E-state index is 0.359. The van der Waals surface area contributed by atoms with Crippen LogP contribution in [0.4, 0.5) is 0 Å². The molecule has 0 aliphatic carbocycles. The molecule has 0 fully saturated rings. The van der Waals surface area contributed by atoms with E-state index in [9.17, 15) is 0 Å². The lowest BCUT2D eigenvalue weighted by molar-refractivity contribution is 0.452. The maximum absolute atomic E-state index is 5.57. The third kappa shape index (κ3) is 2.30. The van der Waals surface area contributed by atoms with Gasteiger partial charge >= 0.3 is 0 Å². The van der Waals surface area contributed by atoms with Gasteiger partial charge in [-0.2, -0.15) is 0 Å². The van der Waals surface area contributed by atoms with Gasteiger partial charge in [-0.3, -0.25) is 0 Å². The van der Waals surface area contributed by atoms with E-state index in [1.54, 1.807) is 6.20 Å². The van der Waals surface area contributed by atoms with Crippen LogP contribution in [0.25, 0.3) is 0 Å². The quantitative estimate of drug-likeness (QED) is 0.810. The summed E-state index contributed by atoms with van der Waals surface area (Å²) in [5.74, 6) is 0. The van der Waals surface area contributed by atoms with Crippen molar-refractivity contribution in [2.24, 2.45) is 5.73 Å².